The van der Waals surface area contributed by atoms with Crippen molar-refractivity contribution in [2.24, 2.45) is 0 Å². The summed E-state index contributed by atoms with van der Waals surface area (Å²) in [6.45, 7) is 11.9. The Morgan fingerprint density at radius 2 is 0.765 bits per heavy atom. The monoisotopic (exact) mass is 1700 g/mol. The average Bonchev–Trinajstić information content (AvgIpc) is 1.69. The van der Waals surface area contributed by atoms with Crippen LogP contribution in [0.3, 0.4) is 0 Å². The van der Waals surface area contributed by atoms with Crippen LogP contribution in [0.2, 0.25) is 0 Å². The predicted octanol–water partition coefficient (Wildman–Crippen LogP) is 12.5. The van der Waals surface area contributed by atoms with Gasteiger partial charge in [-0.2, -0.15) is 0 Å². The van der Waals surface area contributed by atoms with E-state index in [9.17, 15) is 17.6 Å². The van der Waals surface area contributed by atoms with Crippen LogP contribution in [0.5, 0.6) is 0 Å². The van der Waals surface area contributed by atoms with E-state index in [1.807, 2.05) is 55.5 Å². The summed E-state index contributed by atoms with van der Waals surface area (Å²) < 4.78 is 52.9. The standard InChI is InChI=1S/C20H15F2N2.C20H11F2N2.C11H9N2.3C5H12O2.Ir.2Pt/c2*21-15-9-5-13(6-10-15)19-20(14-7-11-16(22)12-8-14)24-18-4-2-1-3-17(18)23-19;1-9-11(13-8-7-12-9)10-5-3-2-4-6-10;3*1-4(6)3-5(2)7;;;/h5-7,9-12H,1-4H2;1-7,9-12H;2-5,7-8H,1H3;3*4-7H,3H2,1-2H3;;;/q3*-1;;;;;;. The second-order valence-corrected chi connectivity index (χ2v) is 19.9. The van der Waals surface area contributed by atoms with Gasteiger partial charge in [0.25, 0.3) is 0 Å². The van der Waals surface area contributed by atoms with E-state index < -0.39 is 0 Å². The molecule has 0 saturated heterocycles. The minimum absolute atomic E-state index is 0. The van der Waals surface area contributed by atoms with E-state index in [0.717, 1.165) is 76.2 Å². The molecule has 6 N–H and O–H groups in total. The van der Waals surface area contributed by atoms with E-state index in [1.54, 1.807) is 90.3 Å². The first-order chi connectivity index (χ1) is 39.2. The van der Waals surface area contributed by atoms with Gasteiger partial charge in [0, 0.05) is 109 Å². The van der Waals surface area contributed by atoms with Crippen molar-refractivity contribution in [3.05, 3.63) is 204 Å². The van der Waals surface area contributed by atoms with Crippen molar-refractivity contribution < 1.29 is 110 Å². The second kappa shape index (κ2) is 39.2. The van der Waals surface area contributed by atoms with E-state index in [4.69, 9.17) is 40.6 Å². The van der Waals surface area contributed by atoms with Crippen LogP contribution in [0.4, 0.5) is 17.6 Å². The minimum atomic E-state index is -0.375. The zero-order valence-corrected chi connectivity index (χ0v) is 55.1. The Bertz CT molecular complexity index is 3110. The van der Waals surface area contributed by atoms with Crippen LogP contribution < -0.4 is 0 Å². The molecule has 0 fully saturated rings. The number of benzene rings is 6. The van der Waals surface area contributed by atoms with Gasteiger partial charge < -0.3 is 35.6 Å². The van der Waals surface area contributed by atoms with Crippen LogP contribution in [0, 0.1) is 48.4 Å². The molecule has 0 saturated carbocycles. The van der Waals surface area contributed by atoms with E-state index in [1.165, 1.54) is 48.5 Å². The Balaban J connectivity index is 0.000000376. The van der Waals surface area contributed by atoms with Crippen LogP contribution in [0.15, 0.2) is 146 Å². The molecular formula is C66H71F4IrN6O6Pt2-3. The van der Waals surface area contributed by atoms with Crippen LogP contribution in [0.1, 0.15) is 90.7 Å². The SMILES string of the molecule is CC(O)CC(C)O.CC(O)CC(C)O.CC(O)CC(C)O.Cc1nccnc1-c1[c-]cccc1.Fc1c[c-]c(-c2nc3c(nc2-c2ccc(F)cc2)CCCC3)cc1.Fc1c[c-]c(-c2nc3ccccc3nc2-c2ccc(F)cc2)cc1.[Ir].[Pt].[Pt]. The van der Waals surface area contributed by atoms with Crippen molar-refractivity contribution in [2.45, 2.75) is 130 Å². The van der Waals surface area contributed by atoms with Crippen molar-refractivity contribution in [2.75, 3.05) is 0 Å². The summed E-state index contributed by atoms with van der Waals surface area (Å²) in [6.07, 6.45) is 6.58. The van der Waals surface area contributed by atoms with Gasteiger partial charge in [0.1, 0.15) is 11.6 Å². The van der Waals surface area contributed by atoms with Gasteiger partial charge in [-0.05, 0) is 141 Å². The summed E-state index contributed by atoms with van der Waals surface area (Å²) in [6, 6.07) is 45.1. The number of para-hydroxylation sites is 2. The average molecular weight is 1700 g/mol. The topological polar surface area (TPSA) is 199 Å². The molecule has 6 unspecified atom stereocenters. The van der Waals surface area contributed by atoms with Gasteiger partial charge in [0.05, 0.1) is 70.4 Å². The molecule has 85 heavy (non-hydrogen) atoms. The summed E-state index contributed by atoms with van der Waals surface area (Å²) in [5.74, 6) is -1.31. The summed E-state index contributed by atoms with van der Waals surface area (Å²) in [7, 11) is 0. The maximum atomic E-state index is 13.3. The van der Waals surface area contributed by atoms with Crippen molar-refractivity contribution in [3.8, 4) is 56.3 Å². The Hall–Kier alpha value is -5.67. The largest absolute Gasteiger partial charge is 0.393 e. The number of hydrogen-bond acceptors (Lipinski definition) is 12. The molecule has 1 aliphatic rings. The van der Waals surface area contributed by atoms with Gasteiger partial charge in [-0.1, -0.05) is 36.4 Å². The third-order valence-corrected chi connectivity index (χ3v) is 11.9. The fraction of sp³-hybridized carbons (Fsp3) is 0.303. The number of aliphatic hydroxyl groups is 6. The molecule has 19 heteroatoms. The Kier molecular flexibility index (Phi) is 34.8. The zero-order chi connectivity index (χ0) is 59.7. The molecule has 0 aliphatic heterocycles. The van der Waals surface area contributed by atoms with Crippen LogP contribution in [-0.2, 0) is 75.1 Å². The normalized spacial score (nSPS) is 13.1. The molecule has 0 amide bonds. The first-order valence-corrected chi connectivity index (χ1v) is 27.0. The minimum Gasteiger partial charge on any atom is -0.393 e. The van der Waals surface area contributed by atoms with Crippen LogP contribution >= 0.6 is 0 Å². The van der Waals surface area contributed by atoms with E-state index in [0.29, 0.717) is 53.2 Å². The summed E-state index contributed by atoms with van der Waals surface area (Å²) >= 11 is 0. The van der Waals surface area contributed by atoms with Crippen molar-refractivity contribution >= 4 is 11.0 Å². The molecule has 3 aromatic heterocycles. The number of aromatic nitrogens is 6. The van der Waals surface area contributed by atoms with Gasteiger partial charge in [0.2, 0.25) is 0 Å². The molecule has 0 spiro atoms. The maximum absolute atomic E-state index is 13.3. The fourth-order valence-electron chi connectivity index (χ4n) is 8.28. The van der Waals surface area contributed by atoms with Crippen LogP contribution in [0.25, 0.3) is 67.3 Å². The number of aliphatic hydroxyl groups excluding tert-OH is 6. The molecule has 12 nitrogen and oxygen atoms in total. The summed E-state index contributed by atoms with van der Waals surface area (Å²) in [5.41, 5.74) is 11.7. The predicted molar refractivity (Wildman–Crippen MR) is 312 cm³/mol. The molecular weight excluding hydrogens is 1630 g/mol. The van der Waals surface area contributed by atoms with E-state index in [-0.39, 0.29) is 122 Å². The van der Waals surface area contributed by atoms with E-state index in [2.05, 4.69) is 38.1 Å². The third kappa shape index (κ3) is 26.5. The molecule has 461 valence electrons. The Labute approximate surface area is 538 Å². The first-order valence-electron chi connectivity index (χ1n) is 27.0. The van der Waals surface area contributed by atoms with Gasteiger partial charge in [-0.25, -0.2) is 8.78 Å². The Morgan fingerprint density at radius 1 is 0.412 bits per heavy atom. The third-order valence-electron chi connectivity index (χ3n) is 11.9. The van der Waals surface area contributed by atoms with Crippen molar-refractivity contribution in [1.29, 1.82) is 0 Å². The second-order valence-electron chi connectivity index (χ2n) is 19.9. The zero-order valence-electron chi connectivity index (χ0n) is 48.1. The fourth-order valence-corrected chi connectivity index (χ4v) is 8.28. The number of fused-ring (bicyclic) bond motifs is 2. The molecule has 9 aromatic rings. The molecule has 1 aliphatic carbocycles. The quantitative estimate of drug-likeness (QED) is 0.0530. The number of rotatable bonds is 11. The summed E-state index contributed by atoms with van der Waals surface area (Å²) in [4.78, 5) is 27.4. The van der Waals surface area contributed by atoms with Gasteiger partial charge in [-0.15, -0.1) is 95.6 Å². The molecule has 6 aromatic carbocycles. The molecule has 0 bridgehead atoms. The van der Waals surface area contributed by atoms with Crippen molar-refractivity contribution in [1.82, 2.24) is 29.9 Å². The molecule has 1 radical (unpaired) electrons. The van der Waals surface area contributed by atoms with Crippen LogP contribution in [-0.4, -0.2) is 97.2 Å². The molecule has 3 heterocycles. The van der Waals surface area contributed by atoms with Gasteiger partial charge in [-0.3, -0.25) is 33.7 Å². The summed E-state index contributed by atoms with van der Waals surface area (Å²) in [5, 5.41) is 51.4. The maximum Gasteiger partial charge on any atom is 0.123 e. The van der Waals surface area contributed by atoms with Gasteiger partial charge >= 0.3 is 0 Å². The Morgan fingerprint density at radius 3 is 1.13 bits per heavy atom. The number of aryl methyl sites for hydroxylation is 3. The van der Waals surface area contributed by atoms with Gasteiger partial charge in [0.15, 0.2) is 0 Å². The molecule has 6 atom stereocenters. The van der Waals surface area contributed by atoms with E-state index >= 15 is 0 Å². The number of hydrogen-bond donors (Lipinski definition) is 6. The number of halogens is 4. The van der Waals surface area contributed by atoms with Crippen molar-refractivity contribution in [3.63, 3.8) is 0 Å². The molecule has 10 rings (SSSR count). The smallest absolute Gasteiger partial charge is 0.123 e. The first kappa shape index (κ1) is 75.4. The number of nitrogens with zero attached hydrogens (tertiary/aromatic N) is 6.